The normalized spacial score (nSPS) is 16.4. The molecule has 2 aromatic rings. The molecule has 5 heteroatoms. The summed E-state index contributed by atoms with van der Waals surface area (Å²) in [5.41, 5.74) is 2.36. The summed E-state index contributed by atoms with van der Waals surface area (Å²) in [5.74, 6) is 0.610. The Hall–Kier alpha value is -1.55. The zero-order valence-electron chi connectivity index (χ0n) is 12.6. The molecule has 0 saturated heterocycles. The van der Waals surface area contributed by atoms with Crippen molar-refractivity contribution >= 4 is 28.5 Å². The van der Waals surface area contributed by atoms with Crippen LogP contribution >= 0.6 is 11.6 Å². The third-order valence-corrected chi connectivity index (χ3v) is 4.38. The van der Waals surface area contributed by atoms with Crippen LogP contribution in [0.5, 0.6) is 0 Å². The van der Waals surface area contributed by atoms with Crippen LogP contribution in [-0.4, -0.2) is 21.5 Å². The monoisotopic (exact) mass is 305 g/mol. The van der Waals surface area contributed by atoms with Gasteiger partial charge < -0.3 is 9.88 Å². The van der Waals surface area contributed by atoms with Gasteiger partial charge in [0.15, 0.2) is 0 Å². The topological polar surface area (TPSA) is 46.9 Å². The average Bonchev–Trinajstić information content (AvgIpc) is 3.20. The number of nitrogens with zero attached hydrogens (tertiary/aromatic N) is 2. The van der Waals surface area contributed by atoms with Crippen LogP contribution in [0.1, 0.15) is 50.0 Å². The highest BCUT2D eigenvalue weighted by atomic mass is 35.5. The number of hydrogen-bond donors (Lipinski definition) is 1. The van der Waals surface area contributed by atoms with Gasteiger partial charge in [-0.15, -0.1) is 0 Å². The van der Waals surface area contributed by atoms with E-state index in [1.165, 1.54) is 12.8 Å². The predicted molar refractivity (Wildman–Crippen MR) is 84.8 cm³/mol. The highest BCUT2D eigenvalue weighted by Crippen LogP contribution is 2.32. The van der Waals surface area contributed by atoms with E-state index in [2.05, 4.69) is 31.1 Å². The van der Waals surface area contributed by atoms with Crippen LogP contribution in [0.3, 0.4) is 0 Å². The third kappa shape index (κ3) is 2.77. The second-order valence-corrected chi connectivity index (χ2v) is 6.49. The van der Waals surface area contributed by atoms with E-state index in [1.807, 2.05) is 22.8 Å². The molecule has 21 heavy (non-hydrogen) atoms. The number of nitrogens with one attached hydrogen (secondary N) is 1. The van der Waals surface area contributed by atoms with Gasteiger partial charge in [-0.2, -0.15) is 0 Å². The standard InChI is InChI=1S/C16H20ClN3O/c1-9(2)20-14-7-6-12(8-13(14)19-16(20)17)15(21)18-10(3)11-4-5-11/h6-11H,4-5H2,1-3H3,(H,18,21)/t10-/m1/s1. The first-order valence-electron chi connectivity index (χ1n) is 7.45. The van der Waals surface area contributed by atoms with Crippen molar-refractivity contribution < 1.29 is 4.79 Å². The molecule has 1 heterocycles. The van der Waals surface area contributed by atoms with Gasteiger partial charge in [-0.1, -0.05) is 0 Å². The van der Waals surface area contributed by atoms with Gasteiger partial charge in [-0.05, 0) is 69.3 Å². The summed E-state index contributed by atoms with van der Waals surface area (Å²) in [6.45, 7) is 6.19. The molecule has 0 spiro atoms. The molecule has 1 fully saturated rings. The highest BCUT2D eigenvalue weighted by molar-refractivity contribution is 6.29. The average molecular weight is 306 g/mol. The third-order valence-electron chi connectivity index (χ3n) is 4.11. The van der Waals surface area contributed by atoms with Gasteiger partial charge >= 0.3 is 0 Å². The van der Waals surface area contributed by atoms with Crippen molar-refractivity contribution in [3.05, 3.63) is 29.0 Å². The predicted octanol–water partition coefficient (Wildman–Crippen LogP) is 3.80. The number of halogens is 1. The highest BCUT2D eigenvalue weighted by Gasteiger charge is 2.29. The van der Waals surface area contributed by atoms with Crippen molar-refractivity contribution in [3.63, 3.8) is 0 Å². The Kier molecular flexibility index (Phi) is 3.66. The maximum atomic E-state index is 12.3. The molecule has 1 saturated carbocycles. The molecule has 1 aliphatic carbocycles. The van der Waals surface area contributed by atoms with Gasteiger partial charge in [0, 0.05) is 17.6 Å². The Labute approximate surface area is 129 Å². The first-order valence-corrected chi connectivity index (χ1v) is 7.83. The van der Waals surface area contributed by atoms with E-state index in [0.29, 0.717) is 16.8 Å². The van der Waals surface area contributed by atoms with Crippen molar-refractivity contribution in [3.8, 4) is 0 Å². The molecule has 0 aliphatic heterocycles. The molecule has 3 rings (SSSR count). The second-order valence-electron chi connectivity index (χ2n) is 6.15. The van der Waals surface area contributed by atoms with Crippen LogP contribution in [0.4, 0.5) is 0 Å². The minimum Gasteiger partial charge on any atom is -0.349 e. The first kappa shape index (κ1) is 14.4. The van der Waals surface area contributed by atoms with Crippen LogP contribution in [0.25, 0.3) is 11.0 Å². The van der Waals surface area contributed by atoms with E-state index in [1.54, 1.807) is 0 Å². The van der Waals surface area contributed by atoms with Gasteiger partial charge in [-0.3, -0.25) is 4.79 Å². The number of carbonyl (C=O) groups excluding carboxylic acids is 1. The molecular formula is C16H20ClN3O. The van der Waals surface area contributed by atoms with E-state index in [-0.39, 0.29) is 18.0 Å². The zero-order valence-corrected chi connectivity index (χ0v) is 13.3. The summed E-state index contributed by atoms with van der Waals surface area (Å²) in [7, 11) is 0. The number of rotatable bonds is 4. The smallest absolute Gasteiger partial charge is 0.251 e. The van der Waals surface area contributed by atoms with Crippen molar-refractivity contribution in [1.29, 1.82) is 0 Å². The Balaban J connectivity index is 1.88. The first-order chi connectivity index (χ1) is 9.97. The van der Waals surface area contributed by atoms with E-state index in [4.69, 9.17) is 11.6 Å². The van der Waals surface area contributed by atoms with Crippen LogP contribution in [0.15, 0.2) is 18.2 Å². The molecule has 1 atom stereocenters. The van der Waals surface area contributed by atoms with Gasteiger partial charge in [0.25, 0.3) is 5.91 Å². The van der Waals surface area contributed by atoms with E-state index in [0.717, 1.165) is 11.0 Å². The van der Waals surface area contributed by atoms with Crippen molar-refractivity contribution in [2.75, 3.05) is 0 Å². The van der Waals surface area contributed by atoms with Crippen molar-refractivity contribution in [1.82, 2.24) is 14.9 Å². The fourth-order valence-corrected chi connectivity index (χ4v) is 3.08. The number of hydrogen-bond acceptors (Lipinski definition) is 2. The maximum Gasteiger partial charge on any atom is 0.251 e. The number of fused-ring (bicyclic) bond motifs is 1. The number of benzene rings is 1. The quantitative estimate of drug-likeness (QED) is 0.934. The van der Waals surface area contributed by atoms with E-state index < -0.39 is 0 Å². The van der Waals surface area contributed by atoms with Gasteiger partial charge in [0.05, 0.1) is 11.0 Å². The van der Waals surface area contributed by atoms with Crippen LogP contribution < -0.4 is 5.32 Å². The summed E-state index contributed by atoms with van der Waals surface area (Å²) in [5, 5.41) is 3.52. The SMILES string of the molecule is CC(C)n1c(Cl)nc2cc(C(=O)N[C@H](C)C3CC3)ccc21. The molecule has 0 bridgehead atoms. The number of aromatic nitrogens is 2. The molecule has 1 aromatic carbocycles. The largest absolute Gasteiger partial charge is 0.349 e. The number of imidazole rings is 1. The number of amides is 1. The Morgan fingerprint density at radius 1 is 1.38 bits per heavy atom. The maximum absolute atomic E-state index is 12.3. The van der Waals surface area contributed by atoms with Crippen molar-refractivity contribution in [2.45, 2.75) is 45.7 Å². The second kappa shape index (κ2) is 5.34. The van der Waals surface area contributed by atoms with Crippen LogP contribution in [0, 0.1) is 5.92 Å². The minimum absolute atomic E-state index is 0.0356. The molecule has 0 unspecified atom stereocenters. The summed E-state index contributed by atoms with van der Waals surface area (Å²) in [6, 6.07) is 6.05. The van der Waals surface area contributed by atoms with Crippen molar-refractivity contribution in [2.24, 2.45) is 5.92 Å². The molecule has 1 aromatic heterocycles. The molecule has 1 N–H and O–H groups in total. The Morgan fingerprint density at radius 2 is 2.10 bits per heavy atom. The van der Waals surface area contributed by atoms with E-state index in [9.17, 15) is 4.79 Å². The molecule has 112 valence electrons. The Bertz CT molecular complexity index is 688. The van der Waals surface area contributed by atoms with Crippen LogP contribution in [0.2, 0.25) is 5.28 Å². The Morgan fingerprint density at radius 3 is 2.71 bits per heavy atom. The summed E-state index contributed by atoms with van der Waals surface area (Å²) < 4.78 is 1.96. The van der Waals surface area contributed by atoms with E-state index >= 15 is 0 Å². The summed E-state index contributed by atoms with van der Waals surface area (Å²) in [4.78, 5) is 16.6. The molecule has 0 radical (unpaired) electrons. The lowest BCUT2D eigenvalue weighted by molar-refractivity contribution is 0.0936. The van der Waals surface area contributed by atoms with Crippen LogP contribution in [-0.2, 0) is 0 Å². The minimum atomic E-state index is -0.0356. The molecule has 1 aliphatic rings. The lowest BCUT2D eigenvalue weighted by Gasteiger charge is -2.13. The van der Waals surface area contributed by atoms with Gasteiger partial charge in [0.1, 0.15) is 0 Å². The lowest BCUT2D eigenvalue weighted by Crippen LogP contribution is -2.33. The summed E-state index contributed by atoms with van der Waals surface area (Å²) >= 11 is 6.18. The fraction of sp³-hybridized carbons (Fsp3) is 0.500. The summed E-state index contributed by atoms with van der Waals surface area (Å²) in [6.07, 6.45) is 2.43. The lowest BCUT2D eigenvalue weighted by atomic mass is 10.1. The zero-order chi connectivity index (χ0) is 15.1. The fourth-order valence-electron chi connectivity index (χ4n) is 2.71. The molecular weight excluding hydrogens is 286 g/mol. The number of carbonyl (C=O) groups is 1. The van der Waals surface area contributed by atoms with Gasteiger partial charge in [-0.25, -0.2) is 4.98 Å². The molecule has 1 amide bonds. The van der Waals surface area contributed by atoms with Gasteiger partial charge in [0.2, 0.25) is 5.28 Å². The molecule has 4 nitrogen and oxygen atoms in total.